The molecule has 0 radical (unpaired) electrons. The summed E-state index contributed by atoms with van der Waals surface area (Å²) >= 11 is 6.42. The number of hydrogen-bond acceptors (Lipinski definition) is 4. The molecule has 0 aliphatic rings. The third-order valence-corrected chi connectivity index (χ3v) is 4.40. The van der Waals surface area contributed by atoms with Crippen LogP contribution in [0.3, 0.4) is 0 Å². The van der Waals surface area contributed by atoms with Gasteiger partial charge in [-0.2, -0.15) is 0 Å². The van der Waals surface area contributed by atoms with Crippen LogP contribution in [-0.2, 0) is 4.79 Å². The number of hydrogen-bond donors (Lipinski definition) is 3. The second-order valence-corrected chi connectivity index (χ2v) is 7.10. The number of amides is 1. The average Bonchev–Trinajstić information content (AvgIpc) is 2.77. The minimum Gasteiger partial charge on any atom is -0.506 e. The molecule has 0 aliphatic carbocycles. The van der Waals surface area contributed by atoms with Crippen molar-refractivity contribution >= 4 is 54.7 Å². The van der Waals surface area contributed by atoms with Gasteiger partial charge >= 0.3 is 5.97 Å². The maximum absolute atomic E-state index is 12.4. The molecule has 0 aliphatic heterocycles. The standard InChI is InChI=1S/C14H13Br2NO5/c1-14(2,4-9(18)19)17-13(21)6-5-22-8-3-7(15)12(20)11(16)10(6)8/h3,5,20H,4H2,1-2H3,(H,17,21)(H,18,19). The van der Waals surface area contributed by atoms with Crippen LogP contribution >= 0.6 is 31.9 Å². The zero-order valence-electron chi connectivity index (χ0n) is 11.7. The van der Waals surface area contributed by atoms with Crippen molar-refractivity contribution in [2.24, 2.45) is 0 Å². The Balaban J connectivity index is 2.41. The van der Waals surface area contributed by atoms with E-state index in [2.05, 4.69) is 37.2 Å². The van der Waals surface area contributed by atoms with Gasteiger partial charge in [-0.25, -0.2) is 0 Å². The number of halogens is 2. The second kappa shape index (κ2) is 5.92. The Labute approximate surface area is 142 Å². The summed E-state index contributed by atoms with van der Waals surface area (Å²) in [5.74, 6) is -1.54. The maximum Gasteiger partial charge on any atom is 0.305 e. The summed E-state index contributed by atoms with van der Waals surface area (Å²) in [6.07, 6.45) is 1.06. The van der Waals surface area contributed by atoms with E-state index in [9.17, 15) is 14.7 Å². The third kappa shape index (κ3) is 3.27. The van der Waals surface area contributed by atoms with Crippen molar-refractivity contribution in [2.45, 2.75) is 25.8 Å². The number of rotatable bonds is 4. The number of carbonyl (C=O) groups excluding carboxylic acids is 1. The third-order valence-electron chi connectivity index (χ3n) is 3.02. The molecule has 2 rings (SSSR count). The Morgan fingerprint density at radius 3 is 2.59 bits per heavy atom. The Bertz CT molecular complexity index is 766. The van der Waals surface area contributed by atoms with Gasteiger partial charge in [-0.15, -0.1) is 0 Å². The molecule has 118 valence electrons. The van der Waals surface area contributed by atoms with E-state index < -0.39 is 17.4 Å². The summed E-state index contributed by atoms with van der Waals surface area (Å²) in [7, 11) is 0. The molecule has 0 fully saturated rings. The molecule has 0 unspecified atom stereocenters. The molecule has 0 spiro atoms. The number of aliphatic carboxylic acids is 1. The van der Waals surface area contributed by atoms with E-state index >= 15 is 0 Å². The van der Waals surface area contributed by atoms with Crippen molar-refractivity contribution in [1.82, 2.24) is 5.32 Å². The first kappa shape index (κ1) is 16.8. The van der Waals surface area contributed by atoms with E-state index in [0.717, 1.165) is 0 Å². The minimum atomic E-state index is -1.01. The molecular weight excluding hydrogens is 422 g/mol. The first-order valence-corrected chi connectivity index (χ1v) is 7.83. The van der Waals surface area contributed by atoms with Gasteiger partial charge in [0.25, 0.3) is 5.91 Å². The molecule has 3 N–H and O–H groups in total. The van der Waals surface area contributed by atoms with Crippen molar-refractivity contribution in [2.75, 3.05) is 0 Å². The fourth-order valence-electron chi connectivity index (χ4n) is 2.08. The van der Waals surface area contributed by atoms with E-state index in [1.165, 1.54) is 6.26 Å². The van der Waals surface area contributed by atoms with Gasteiger partial charge in [0.15, 0.2) is 0 Å². The second-order valence-electron chi connectivity index (χ2n) is 5.45. The van der Waals surface area contributed by atoms with E-state index in [0.29, 0.717) is 19.9 Å². The first-order valence-electron chi connectivity index (χ1n) is 6.25. The van der Waals surface area contributed by atoms with E-state index in [1.54, 1.807) is 19.9 Å². The molecule has 22 heavy (non-hydrogen) atoms. The summed E-state index contributed by atoms with van der Waals surface area (Å²) in [5, 5.41) is 21.9. The summed E-state index contributed by atoms with van der Waals surface area (Å²) in [4.78, 5) is 23.2. The highest BCUT2D eigenvalue weighted by atomic mass is 79.9. The fourth-order valence-corrected chi connectivity index (χ4v) is 3.37. The quantitative estimate of drug-likeness (QED) is 0.681. The van der Waals surface area contributed by atoms with Crippen LogP contribution in [-0.4, -0.2) is 27.6 Å². The van der Waals surface area contributed by atoms with Gasteiger partial charge in [-0.3, -0.25) is 9.59 Å². The minimum absolute atomic E-state index is 0.0484. The highest BCUT2D eigenvalue weighted by Gasteiger charge is 2.27. The molecule has 6 nitrogen and oxygen atoms in total. The highest BCUT2D eigenvalue weighted by molar-refractivity contribution is 9.11. The van der Waals surface area contributed by atoms with Crippen molar-refractivity contribution in [3.05, 3.63) is 26.8 Å². The summed E-state index contributed by atoms with van der Waals surface area (Å²) in [6, 6.07) is 1.55. The summed E-state index contributed by atoms with van der Waals surface area (Å²) in [6.45, 7) is 3.23. The Morgan fingerprint density at radius 1 is 1.36 bits per heavy atom. The predicted molar refractivity (Wildman–Crippen MR) is 87.1 cm³/mol. The lowest BCUT2D eigenvalue weighted by atomic mass is 10.00. The van der Waals surface area contributed by atoms with E-state index in [4.69, 9.17) is 9.52 Å². The zero-order valence-corrected chi connectivity index (χ0v) is 14.9. The Morgan fingerprint density at radius 2 is 2.00 bits per heavy atom. The lowest BCUT2D eigenvalue weighted by Crippen LogP contribution is -2.44. The molecule has 1 aromatic carbocycles. The van der Waals surface area contributed by atoms with Crippen LogP contribution in [0.2, 0.25) is 0 Å². The lowest BCUT2D eigenvalue weighted by molar-refractivity contribution is -0.138. The molecule has 1 amide bonds. The molecule has 0 saturated heterocycles. The molecule has 0 saturated carbocycles. The lowest BCUT2D eigenvalue weighted by Gasteiger charge is -2.24. The molecule has 1 aromatic heterocycles. The van der Waals surface area contributed by atoms with Gasteiger partial charge in [0.2, 0.25) is 0 Å². The number of furan rings is 1. The number of phenolic OH excluding ortho intramolecular Hbond substituents is 1. The maximum atomic E-state index is 12.4. The molecule has 0 atom stereocenters. The normalized spacial score (nSPS) is 11.6. The zero-order chi connectivity index (χ0) is 16.7. The smallest absolute Gasteiger partial charge is 0.305 e. The number of phenols is 1. The number of carboxylic acids is 1. The molecule has 1 heterocycles. The SMILES string of the molecule is CC(C)(CC(=O)O)NC(=O)c1coc2cc(Br)c(O)c(Br)c12. The number of nitrogens with one attached hydrogen (secondary N) is 1. The number of benzene rings is 1. The average molecular weight is 435 g/mol. The van der Waals surface area contributed by atoms with E-state index in [-0.39, 0.29) is 17.7 Å². The topological polar surface area (TPSA) is 99.8 Å². The van der Waals surface area contributed by atoms with Crippen molar-refractivity contribution in [3.63, 3.8) is 0 Å². The number of aromatic hydroxyl groups is 1. The molecule has 8 heteroatoms. The van der Waals surface area contributed by atoms with Gasteiger partial charge in [0.1, 0.15) is 17.6 Å². The molecular formula is C14H13Br2NO5. The predicted octanol–water partition coefficient (Wildman–Crippen LogP) is 3.65. The van der Waals surface area contributed by atoms with E-state index in [1.807, 2.05) is 0 Å². The summed E-state index contributed by atoms with van der Waals surface area (Å²) < 4.78 is 6.09. The summed E-state index contributed by atoms with van der Waals surface area (Å²) in [5.41, 5.74) is -0.294. The van der Waals surface area contributed by atoms with Gasteiger partial charge in [-0.1, -0.05) is 0 Å². The Hall–Kier alpha value is -1.54. The fraction of sp³-hybridized carbons (Fsp3) is 0.286. The highest BCUT2D eigenvalue weighted by Crippen LogP contribution is 2.41. The van der Waals surface area contributed by atoms with Crippen molar-refractivity contribution in [3.8, 4) is 5.75 Å². The van der Waals surface area contributed by atoms with Gasteiger partial charge in [0.05, 0.1) is 26.3 Å². The van der Waals surface area contributed by atoms with Gasteiger partial charge in [0, 0.05) is 5.54 Å². The van der Waals surface area contributed by atoms with Crippen LogP contribution in [0.4, 0.5) is 0 Å². The monoisotopic (exact) mass is 433 g/mol. The van der Waals surface area contributed by atoms with Crippen LogP contribution in [0.5, 0.6) is 5.75 Å². The van der Waals surface area contributed by atoms with Crippen LogP contribution in [0.1, 0.15) is 30.6 Å². The first-order chi connectivity index (χ1) is 10.1. The van der Waals surface area contributed by atoms with Crippen LogP contribution in [0.25, 0.3) is 11.0 Å². The number of carbonyl (C=O) groups is 2. The van der Waals surface area contributed by atoms with Crippen molar-refractivity contribution < 1.29 is 24.2 Å². The largest absolute Gasteiger partial charge is 0.506 e. The Kier molecular flexibility index (Phi) is 4.53. The molecule has 2 aromatic rings. The number of fused-ring (bicyclic) bond motifs is 1. The molecule has 0 bridgehead atoms. The van der Waals surface area contributed by atoms with Crippen LogP contribution in [0, 0.1) is 0 Å². The van der Waals surface area contributed by atoms with Gasteiger partial charge < -0.3 is 19.9 Å². The van der Waals surface area contributed by atoms with Crippen LogP contribution in [0.15, 0.2) is 25.7 Å². The number of carboxylic acid groups (broad SMARTS) is 1. The van der Waals surface area contributed by atoms with Crippen LogP contribution < -0.4 is 5.32 Å². The van der Waals surface area contributed by atoms with Crippen molar-refractivity contribution in [1.29, 1.82) is 0 Å². The van der Waals surface area contributed by atoms with Gasteiger partial charge in [-0.05, 0) is 51.8 Å².